The number of nitrogens with two attached hydrogens (primary N) is 1. The number of halogens is 2. The summed E-state index contributed by atoms with van der Waals surface area (Å²) in [5, 5.41) is 0. The number of methoxy groups -OCH3 is 1. The van der Waals surface area contributed by atoms with Crippen LogP contribution in [0.2, 0.25) is 0 Å². The van der Waals surface area contributed by atoms with Gasteiger partial charge < -0.3 is 10.5 Å². The number of rotatable bonds is 5. The van der Waals surface area contributed by atoms with E-state index in [0.717, 1.165) is 21.3 Å². The molecule has 2 N–H and O–H groups in total. The monoisotopic (exact) mass is 351 g/mol. The van der Waals surface area contributed by atoms with E-state index >= 15 is 0 Å². The molecule has 0 amide bonds. The van der Waals surface area contributed by atoms with Crippen molar-refractivity contribution >= 4 is 15.9 Å². The van der Waals surface area contributed by atoms with Crippen molar-refractivity contribution in [2.24, 2.45) is 5.73 Å². The summed E-state index contributed by atoms with van der Waals surface area (Å²) in [7, 11) is 1.65. The van der Waals surface area contributed by atoms with Gasteiger partial charge in [-0.3, -0.25) is 0 Å². The Kier molecular flexibility index (Phi) is 5.01. The zero-order valence-electron chi connectivity index (χ0n) is 12.2. The van der Waals surface area contributed by atoms with E-state index in [4.69, 9.17) is 10.5 Å². The molecule has 0 saturated heterocycles. The van der Waals surface area contributed by atoms with E-state index in [1.165, 1.54) is 12.1 Å². The zero-order chi connectivity index (χ0) is 15.5. The first kappa shape index (κ1) is 16.0. The first-order chi connectivity index (χ1) is 9.89. The lowest BCUT2D eigenvalue weighted by molar-refractivity contribution is 0.396. The van der Waals surface area contributed by atoms with Crippen molar-refractivity contribution in [2.75, 3.05) is 7.11 Å². The van der Waals surface area contributed by atoms with Crippen molar-refractivity contribution in [3.63, 3.8) is 0 Å². The highest BCUT2D eigenvalue weighted by atomic mass is 79.9. The molecule has 2 aromatic carbocycles. The molecule has 2 nitrogen and oxygen atoms in total. The highest BCUT2D eigenvalue weighted by molar-refractivity contribution is 9.10. The number of hydrogen-bond donors (Lipinski definition) is 1. The Balaban J connectivity index is 2.16. The Labute approximate surface area is 133 Å². The Bertz CT molecular complexity index is 611. The summed E-state index contributed by atoms with van der Waals surface area (Å²) in [6.07, 6.45) is 1.34. The second kappa shape index (κ2) is 6.58. The minimum Gasteiger partial charge on any atom is -0.496 e. The van der Waals surface area contributed by atoms with E-state index in [1.54, 1.807) is 19.2 Å². The van der Waals surface area contributed by atoms with Crippen LogP contribution >= 0.6 is 15.9 Å². The Morgan fingerprint density at radius 1 is 1.14 bits per heavy atom. The van der Waals surface area contributed by atoms with Crippen molar-refractivity contribution in [1.82, 2.24) is 0 Å². The van der Waals surface area contributed by atoms with Crippen LogP contribution in [0.25, 0.3) is 0 Å². The lowest BCUT2D eigenvalue weighted by Gasteiger charge is -2.26. The molecule has 0 fully saturated rings. The van der Waals surface area contributed by atoms with E-state index in [-0.39, 0.29) is 5.82 Å². The van der Waals surface area contributed by atoms with E-state index in [2.05, 4.69) is 15.9 Å². The Morgan fingerprint density at radius 3 is 2.43 bits per heavy atom. The third-order valence-electron chi connectivity index (χ3n) is 3.36. The van der Waals surface area contributed by atoms with Gasteiger partial charge in [0.05, 0.1) is 7.11 Å². The highest BCUT2D eigenvalue weighted by Crippen LogP contribution is 2.27. The number of benzene rings is 2. The van der Waals surface area contributed by atoms with Crippen LogP contribution in [0.4, 0.5) is 4.39 Å². The minimum absolute atomic E-state index is 0.230. The van der Waals surface area contributed by atoms with Crippen molar-refractivity contribution < 1.29 is 9.13 Å². The first-order valence-electron chi connectivity index (χ1n) is 6.75. The van der Waals surface area contributed by atoms with Gasteiger partial charge in [-0.15, -0.1) is 0 Å². The summed E-state index contributed by atoms with van der Waals surface area (Å²) in [4.78, 5) is 0. The summed E-state index contributed by atoms with van der Waals surface area (Å²) in [6.45, 7) is 2.00. The van der Waals surface area contributed by atoms with Crippen molar-refractivity contribution in [3.8, 4) is 5.75 Å². The molecular formula is C17H19BrFNO. The van der Waals surface area contributed by atoms with Gasteiger partial charge in [0.2, 0.25) is 0 Å². The van der Waals surface area contributed by atoms with Crippen LogP contribution in [-0.4, -0.2) is 12.6 Å². The topological polar surface area (TPSA) is 35.2 Å². The van der Waals surface area contributed by atoms with Crippen LogP contribution in [0, 0.1) is 5.82 Å². The summed E-state index contributed by atoms with van der Waals surface area (Å²) in [5.41, 5.74) is 8.07. The maximum atomic E-state index is 13.0. The summed E-state index contributed by atoms with van der Waals surface area (Å²) >= 11 is 3.47. The normalized spacial score (nSPS) is 13.8. The fraction of sp³-hybridized carbons (Fsp3) is 0.294. The molecule has 0 bridgehead atoms. The predicted octanol–water partition coefficient (Wildman–Crippen LogP) is 4.10. The van der Waals surface area contributed by atoms with E-state index < -0.39 is 5.54 Å². The molecule has 0 spiro atoms. The van der Waals surface area contributed by atoms with Crippen LogP contribution in [0.1, 0.15) is 18.1 Å². The van der Waals surface area contributed by atoms with Crippen LogP contribution in [-0.2, 0) is 12.8 Å². The molecule has 2 rings (SSSR count). The maximum Gasteiger partial charge on any atom is 0.123 e. The van der Waals surface area contributed by atoms with Crippen LogP contribution < -0.4 is 10.5 Å². The second-order valence-electron chi connectivity index (χ2n) is 5.59. The van der Waals surface area contributed by atoms with Crippen LogP contribution in [0.3, 0.4) is 0 Å². The second-order valence-corrected chi connectivity index (χ2v) is 6.51. The van der Waals surface area contributed by atoms with Gasteiger partial charge in [-0.05, 0) is 61.2 Å². The number of ether oxygens (including phenoxy) is 1. The average molecular weight is 352 g/mol. The quantitative estimate of drug-likeness (QED) is 0.879. The third kappa shape index (κ3) is 4.55. The lowest BCUT2D eigenvalue weighted by atomic mass is 9.87. The molecule has 0 aliphatic rings. The SMILES string of the molecule is COc1ccc(Br)cc1CC(C)(N)Cc1ccc(F)cc1. The Morgan fingerprint density at radius 2 is 1.81 bits per heavy atom. The standard InChI is InChI=1S/C17H19BrFNO/c1-17(20,10-12-3-6-15(19)7-4-12)11-13-9-14(18)5-8-16(13)21-2/h3-9H,10-11,20H2,1-2H3. The molecule has 0 heterocycles. The number of hydrogen-bond acceptors (Lipinski definition) is 2. The average Bonchev–Trinajstić information content (AvgIpc) is 2.41. The summed E-state index contributed by atoms with van der Waals surface area (Å²) in [6, 6.07) is 12.4. The van der Waals surface area contributed by atoms with Gasteiger partial charge in [-0.1, -0.05) is 28.1 Å². The molecule has 2 aromatic rings. The largest absolute Gasteiger partial charge is 0.496 e. The molecule has 1 atom stereocenters. The summed E-state index contributed by atoms with van der Waals surface area (Å²) < 4.78 is 19.3. The minimum atomic E-state index is -0.439. The molecule has 0 aliphatic carbocycles. The first-order valence-corrected chi connectivity index (χ1v) is 7.55. The smallest absolute Gasteiger partial charge is 0.123 e. The van der Waals surface area contributed by atoms with Gasteiger partial charge in [-0.25, -0.2) is 4.39 Å². The highest BCUT2D eigenvalue weighted by Gasteiger charge is 2.22. The van der Waals surface area contributed by atoms with Gasteiger partial charge in [0, 0.05) is 10.0 Å². The molecule has 0 aromatic heterocycles. The maximum absolute atomic E-state index is 13.0. The van der Waals surface area contributed by atoms with Gasteiger partial charge in [-0.2, -0.15) is 0 Å². The molecule has 21 heavy (non-hydrogen) atoms. The molecule has 1 unspecified atom stereocenters. The molecule has 0 radical (unpaired) electrons. The molecule has 4 heteroatoms. The van der Waals surface area contributed by atoms with Crippen LogP contribution in [0.15, 0.2) is 46.9 Å². The molecule has 0 saturated carbocycles. The Hall–Kier alpha value is -1.39. The third-order valence-corrected chi connectivity index (χ3v) is 3.85. The van der Waals surface area contributed by atoms with Crippen molar-refractivity contribution in [2.45, 2.75) is 25.3 Å². The van der Waals surface area contributed by atoms with Gasteiger partial charge in [0.15, 0.2) is 0 Å². The summed E-state index contributed by atoms with van der Waals surface area (Å²) in [5.74, 6) is 0.597. The van der Waals surface area contributed by atoms with Gasteiger partial charge >= 0.3 is 0 Å². The van der Waals surface area contributed by atoms with Crippen LogP contribution in [0.5, 0.6) is 5.75 Å². The van der Waals surface area contributed by atoms with E-state index in [0.29, 0.717) is 12.8 Å². The molecule has 0 aliphatic heterocycles. The molecule has 112 valence electrons. The zero-order valence-corrected chi connectivity index (χ0v) is 13.8. The fourth-order valence-electron chi connectivity index (χ4n) is 2.45. The van der Waals surface area contributed by atoms with Crippen molar-refractivity contribution in [1.29, 1.82) is 0 Å². The molecular weight excluding hydrogens is 333 g/mol. The van der Waals surface area contributed by atoms with E-state index in [1.807, 2.05) is 25.1 Å². The van der Waals surface area contributed by atoms with E-state index in [9.17, 15) is 4.39 Å². The lowest BCUT2D eigenvalue weighted by Crippen LogP contribution is -2.41. The predicted molar refractivity (Wildman–Crippen MR) is 87.1 cm³/mol. The van der Waals surface area contributed by atoms with Crippen molar-refractivity contribution in [3.05, 3.63) is 63.9 Å². The van der Waals surface area contributed by atoms with Gasteiger partial charge in [0.25, 0.3) is 0 Å². The van der Waals surface area contributed by atoms with Gasteiger partial charge in [0.1, 0.15) is 11.6 Å². The fourth-order valence-corrected chi connectivity index (χ4v) is 2.86.